The second-order valence-corrected chi connectivity index (χ2v) is 5.49. The maximum Gasteiger partial charge on any atom is 0.416 e. The fourth-order valence-electron chi connectivity index (χ4n) is 2.19. The van der Waals surface area contributed by atoms with Gasteiger partial charge in [-0.15, -0.1) is 0 Å². The summed E-state index contributed by atoms with van der Waals surface area (Å²) in [6, 6.07) is 5.07. The molecule has 0 heterocycles. The van der Waals surface area contributed by atoms with E-state index in [0.29, 0.717) is 25.3 Å². The first-order valence-electron chi connectivity index (χ1n) is 7.44. The number of methoxy groups -OCH3 is 1. The van der Waals surface area contributed by atoms with Crippen molar-refractivity contribution in [1.82, 2.24) is 4.90 Å². The zero-order valence-electron chi connectivity index (χ0n) is 12.9. The highest BCUT2D eigenvalue weighted by Crippen LogP contribution is 2.31. The lowest BCUT2D eigenvalue weighted by Gasteiger charge is -2.22. The monoisotopic (exact) mass is 331 g/mol. The number of hydrogen-bond acceptors (Lipinski definition) is 3. The standard InChI is InChI=1S/C16H20F3NO3/c1-22-8-9-23-11-15(21)20(14-6-7-14)10-12-2-4-13(5-3-12)16(17,18)19/h2-5,14H,6-11H2,1H3. The van der Waals surface area contributed by atoms with E-state index in [-0.39, 0.29) is 18.6 Å². The Morgan fingerprint density at radius 2 is 1.87 bits per heavy atom. The number of amides is 1. The van der Waals surface area contributed by atoms with Gasteiger partial charge in [-0.25, -0.2) is 0 Å². The van der Waals surface area contributed by atoms with Gasteiger partial charge in [0.15, 0.2) is 0 Å². The van der Waals surface area contributed by atoms with Crippen LogP contribution in [0.25, 0.3) is 0 Å². The van der Waals surface area contributed by atoms with Gasteiger partial charge in [0.05, 0.1) is 18.8 Å². The average molecular weight is 331 g/mol. The zero-order valence-corrected chi connectivity index (χ0v) is 12.9. The summed E-state index contributed by atoms with van der Waals surface area (Å²) in [5.41, 5.74) is -0.0106. The summed E-state index contributed by atoms with van der Waals surface area (Å²) in [6.07, 6.45) is -2.51. The van der Waals surface area contributed by atoms with Gasteiger partial charge in [0.25, 0.3) is 0 Å². The molecule has 0 radical (unpaired) electrons. The van der Waals surface area contributed by atoms with Crippen molar-refractivity contribution in [3.05, 3.63) is 35.4 Å². The van der Waals surface area contributed by atoms with Crippen LogP contribution in [0.15, 0.2) is 24.3 Å². The van der Waals surface area contributed by atoms with Crippen molar-refractivity contribution in [3.63, 3.8) is 0 Å². The number of halogens is 3. The van der Waals surface area contributed by atoms with Crippen molar-refractivity contribution < 1.29 is 27.4 Å². The average Bonchev–Trinajstić information content (AvgIpc) is 3.33. The Balaban J connectivity index is 1.93. The summed E-state index contributed by atoms with van der Waals surface area (Å²) in [4.78, 5) is 13.9. The third-order valence-electron chi connectivity index (χ3n) is 3.60. The molecule has 0 spiro atoms. The summed E-state index contributed by atoms with van der Waals surface area (Å²) in [5.74, 6) is -0.150. The third-order valence-corrected chi connectivity index (χ3v) is 3.60. The number of benzene rings is 1. The fraction of sp³-hybridized carbons (Fsp3) is 0.562. The van der Waals surface area contributed by atoms with Gasteiger partial charge in [-0.05, 0) is 30.5 Å². The SMILES string of the molecule is COCCOCC(=O)N(Cc1ccc(C(F)(F)F)cc1)C1CC1. The largest absolute Gasteiger partial charge is 0.416 e. The Morgan fingerprint density at radius 1 is 1.22 bits per heavy atom. The predicted octanol–water partition coefficient (Wildman–Crippen LogP) is 2.86. The lowest BCUT2D eigenvalue weighted by atomic mass is 10.1. The van der Waals surface area contributed by atoms with Gasteiger partial charge in [-0.3, -0.25) is 4.79 Å². The molecule has 0 saturated heterocycles. The molecule has 128 valence electrons. The first-order valence-corrected chi connectivity index (χ1v) is 7.44. The molecule has 0 atom stereocenters. The van der Waals surface area contributed by atoms with Gasteiger partial charge in [-0.2, -0.15) is 13.2 Å². The summed E-state index contributed by atoms with van der Waals surface area (Å²) < 4.78 is 47.7. The summed E-state index contributed by atoms with van der Waals surface area (Å²) in [5, 5.41) is 0. The van der Waals surface area contributed by atoms with Crippen molar-refractivity contribution >= 4 is 5.91 Å². The number of carbonyl (C=O) groups is 1. The molecular weight excluding hydrogens is 311 g/mol. The van der Waals surface area contributed by atoms with Gasteiger partial charge < -0.3 is 14.4 Å². The highest BCUT2D eigenvalue weighted by Gasteiger charge is 2.33. The second kappa shape index (κ2) is 7.79. The van der Waals surface area contributed by atoms with Crippen LogP contribution in [-0.2, 0) is 27.0 Å². The lowest BCUT2D eigenvalue weighted by molar-refractivity contribution is -0.138. The molecule has 0 aromatic heterocycles. The molecule has 1 saturated carbocycles. The van der Waals surface area contributed by atoms with Gasteiger partial charge in [-0.1, -0.05) is 12.1 Å². The third kappa shape index (κ3) is 5.51. The van der Waals surface area contributed by atoms with E-state index in [1.165, 1.54) is 12.1 Å². The number of hydrogen-bond donors (Lipinski definition) is 0. The first-order chi connectivity index (χ1) is 10.9. The van der Waals surface area contributed by atoms with E-state index in [1.807, 2.05) is 0 Å². The van der Waals surface area contributed by atoms with Crippen LogP contribution >= 0.6 is 0 Å². The molecule has 4 nitrogen and oxygen atoms in total. The van der Waals surface area contributed by atoms with E-state index in [0.717, 1.165) is 25.0 Å². The summed E-state index contributed by atoms with van der Waals surface area (Å²) in [6.45, 7) is 1.01. The van der Waals surface area contributed by atoms with Crippen molar-refractivity contribution in [2.75, 3.05) is 26.9 Å². The minimum Gasteiger partial charge on any atom is -0.382 e. The molecule has 7 heteroatoms. The Labute approximate surface area is 133 Å². The molecule has 0 N–H and O–H groups in total. The minimum absolute atomic E-state index is 0.0412. The van der Waals surface area contributed by atoms with Crippen molar-refractivity contribution in [1.29, 1.82) is 0 Å². The van der Waals surface area contributed by atoms with Crippen molar-refractivity contribution in [3.8, 4) is 0 Å². The van der Waals surface area contributed by atoms with E-state index in [4.69, 9.17) is 9.47 Å². The van der Waals surface area contributed by atoms with Crippen LogP contribution < -0.4 is 0 Å². The van der Waals surface area contributed by atoms with Crippen LogP contribution in [0.4, 0.5) is 13.2 Å². The normalized spacial score (nSPS) is 14.8. The quantitative estimate of drug-likeness (QED) is 0.688. The number of ether oxygens (including phenoxy) is 2. The molecule has 1 amide bonds. The number of alkyl halides is 3. The van der Waals surface area contributed by atoms with Gasteiger partial charge in [0.2, 0.25) is 5.91 Å². The molecule has 1 aliphatic carbocycles. The maximum absolute atomic E-state index is 12.6. The Hall–Kier alpha value is -1.60. The Morgan fingerprint density at radius 3 is 2.39 bits per heavy atom. The smallest absolute Gasteiger partial charge is 0.382 e. The first kappa shape index (κ1) is 17.7. The molecule has 0 aliphatic heterocycles. The Kier molecular flexibility index (Phi) is 6.01. The van der Waals surface area contributed by atoms with Crippen LogP contribution in [0.5, 0.6) is 0 Å². The van der Waals surface area contributed by atoms with E-state index >= 15 is 0 Å². The van der Waals surface area contributed by atoms with Crippen LogP contribution in [0.3, 0.4) is 0 Å². The molecule has 0 bridgehead atoms. The molecule has 1 fully saturated rings. The number of nitrogens with zero attached hydrogens (tertiary/aromatic N) is 1. The van der Waals surface area contributed by atoms with Gasteiger partial charge in [0.1, 0.15) is 6.61 Å². The zero-order chi connectivity index (χ0) is 16.9. The lowest BCUT2D eigenvalue weighted by Crippen LogP contribution is -2.35. The fourth-order valence-corrected chi connectivity index (χ4v) is 2.19. The van der Waals surface area contributed by atoms with E-state index in [1.54, 1.807) is 12.0 Å². The van der Waals surface area contributed by atoms with E-state index < -0.39 is 11.7 Å². The second-order valence-electron chi connectivity index (χ2n) is 5.49. The summed E-state index contributed by atoms with van der Waals surface area (Å²) in [7, 11) is 1.55. The summed E-state index contributed by atoms with van der Waals surface area (Å²) >= 11 is 0. The van der Waals surface area contributed by atoms with Crippen molar-refractivity contribution in [2.45, 2.75) is 31.6 Å². The van der Waals surface area contributed by atoms with Crippen LogP contribution in [0.1, 0.15) is 24.0 Å². The topological polar surface area (TPSA) is 38.8 Å². The van der Waals surface area contributed by atoms with Crippen LogP contribution in [0.2, 0.25) is 0 Å². The highest BCUT2D eigenvalue weighted by atomic mass is 19.4. The van der Waals surface area contributed by atoms with Crippen molar-refractivity contribution in [2.24, 2.45) is 0 Å². The predicted molar refractivity (Wildman–Crippen MR) is 77.7 cm³/mol. The molecule has 0 unspecified atom stereocenters. The van der Waals surface area contributed by atoms with Gasteiger partial charge >= 0.3 is 6.18 Å². The molecule has 1 aliphatic rings. The number of rotatable bonds is 8. The highest BCUT2D eigenvalue weighted by molar-refractivity contribution is 5.78. The molecule has 23 heavy (non-hydrogen) atoms. The molecule has 1 aromatic carbocycles. The van der Waals surface area contributed by atoms with E-state index in [9.17, 15) is 18.0 Å². The van der Waals surface area contributed by atoms with Crippen LogP contribution in [-0.4, -0.2) is 43.8 Å². The van der Waals surface area contributed by atoms with E-state index in [2.05, 4.69) is 0 Å². The molecular formula is C16H20F3NO3. The minimum atomic E-state index is -4.35. The molecule has 1 aromatic rings. The van der Waals surface area contributed by atoms with Crippen LogP contribution in [0, 0.1) is 0 Å². The molecule has 2 rings (SSSR count). The van der Waals surface area contributed by atoms with Gasteiger partial charge in [0, 0.05) is 19.7 Å². The Bertz CT molecular complexity index is 512. The number of carbonyl (C=O) groups excluding carboxylic acids is 1. The maximum atomic E-state index is 12.6.